The molecule has 21 heavy (non-hydrogen) atoms. The predicted octanol–water partition coefficient (Wildman–Crippen LogP) is 3.57. The molecule has 1 aromatic carbocycles. The van der Waals surface area contributed by atoms with Crippen molar-refractivity contribution in [2.45, 2.75) is 44.7 Å². The Hall–Kier alpha value is -0.580. The molecule has 0 atom stereocenters. The molecule has 1 aliphatic heterocycles. The Morgan fingerprint density at radius 1 is 1.24 bits per heavy atom. The van der Waals surface area contributed by atoms with Gasteiger partial charge in [0, 0.05) is 23.6 Å². The van der Waals surface area contributed by atoms with Crippen molar-refractivity contribution in [1.29, 1.82) is 0 Å². The van der Waals surface area contributed by atoms with Crippen molar-refractivity contribution in [3.8, 4) is 5.75 Å². The van der Waals surface area contributed by atoms with Crippen molar-refractivity contribution in [1.82, 2.24) is 10.2 Å². The van der Waals surface area contributed by atoms with Gasteiger partial charge in [0.1, 0.15) is 5.75 Å². The van der Waals surface area contributed by atoms with Crippen LogP contribution in [0.25, 0.3) is 0 Å². The molecule has 116 valence electrons. The summed E-state index contributed by atoms with van der Waals surface area (Å²) >= 11 is 3.63. The van der Waals surface area contributed by atoms with Gasteiger partial charge in [0.2, 0.25) is 0 Å². The molecule has 2 aliphatic rings. The molecule has 1 aliphatic carbocycles. The van der Waals surface area contributed by atoms with Crippen LogP contribution in [0.15, 0.2) is 22.7 Å². The monoisotopic (exact) mass is 352 g/mol. The van der Waals surface area contributed by atoms with E-state index in [0.29, 0.717) is 0 Å². The molecule has 1 N–H and O–H groups in total. The van der Waals surface area contributed by atoms with Gasteiger partial charge < -0.3 is 15.0 Å². The zero-order valence-corrected chi connectivity index (χ0v) is 14.2. The number of nitrogens with zero attached hydrogens (tertiary/aromatic N) is 1. The summed E-state index contributed by atoms with van der Waals surface area (Å²) in [5.74, 6) is 0.993. The molecule has 0 bridgehead atoms. The number of likely N-dealkylation sites (tertiary alicyclic amines) is 1. The zero-order valence-electron chi connectivity index (χ0n) is 12.6. The normalized spacial score (nSPS) is 19.1. The average molecular weight is 353 g/mol. The summed E-state index contributed by atoms with van der Waals surface area (Å²) in [7, 11) is 0. The number of hydrogen-bond acceptors (Lipinski definition) is 3. The molecule has 3 nitrogen and oxygen atoms in total. The van der Waals surface area contributed by atoms with Gasteiger partial charge in [-0.15, -0.1) is 0 Å². The first-order valence-corrected chi connectivity index (χ1v) is 8.97. The van der Waals surface area contributed by atoms with Crippen molar-refractivity contribution in [2.24, 2.45) is 0 Å². The lowest BCUT2D eigenvalue weighted by atomic mass is 10.2. The van der Waals surface area contributed by atoms with Crippen LogP contribution < -0.4 is 10.1 Å². The van der Waals surface area contributed by atoms with E-state index in [2.05, 4.69) is 44.3 Å². The second kappa shape index (κ2) is 7.61. The summed E-state index contributed by atoms with van der Waals surface area (Å²) < 4.78 is 7.08. The third kappa shape index (κ3) is 4.97. The van der Waals surface area contributed by atoms with Crippen molar-refractivity contribution < 1.29 is 4.74 Å². The SMILES string of the molecule is Brc1ccc(OCCCN2CCCC2)cc1CNC1CC1. The fourth-order valence-corrected chi connectivity index (χ4v) is 3.19. The molecule has 0 spiro atoms. The van der Waals surface area contributed by atoms with Crippen LogP contribution in [0.1, 0.15) is 37.7 Å². The maximum atomic E-state index is 5.91. The average Bonchev–Trinajstić information content (AvgIpc) is 3.18. The Morgan fingerprint density at radius 2 is 2.05 bits per heavy atom. The fraction of sp³-hybridized carbons (Fsp3) is 0.647. The highest BCUT2D eigenvalue weighted by atomic mass is 79.9. The van der Waals surface area contributed by atoms with Gasteiger partial charge in [-0.3, -0.25) is 0 Å². The highest BCUT2D eigenvalue weighted by Gasteiger charge is 2.20. The van der Waals surface area contributed by atoms with E-state index in [1.807, 2.05) is 0 Å². The molecule has 1 aromatic rings. The minimum Gasteiger partial charge on any atom is -0.494 e. The second-order valence-corrected chi connectivity index (χ2v) is 7.01. The third-order valence-corrected chi connectivity index (χ3v) is 5.04. The molecule has 0 aromatic heterocycles. The first-order valence-electron chi connectivity index (χ1n) is 8.18. The van der Waals surface area contributed by atoms with E-state index in [4.69, 9.17) is 4.74 Å². The Labute approximate surface area is 136 Å². The topological polar surface area (TPSA) is 24.5 Å². The molecule has 0 radical (unpaired) electrons. The summed E-state index contributed by atoms with van der Waals surface area (Å²) in [4.78, 5) is 2.54. The molecule has 0 unspecified atom stereocenters. The van der Waals surface area contributed by atoms with Crippen LogP contribution in [-0.2, 0) is 6.54 Å². The van der Waals surface area contributed by atoms with Crippen molar-refractivity contribution >= 4 is 15.9 Å². The van der Waals surface area contributed by atoms with Crippen LogP contribution >= 0.6 is 15.9 Å². The Morgan fingerprint density at radius 3 is 2.81 bits per heavy atom. The molecular weight excluding hydrogens is 328 g/mol. The number of hydrogen-bond donors (Lipinski definition) is 1. The van der Waals surface area contributed by atoms with Crippen LogP contribution in [0.5, 0.6) is 5.75 Å². The first kappa shape index (κ1) is 15.3. The van der Waals surface area contributed by atoms with Crippen molar-refractivity contribution in [3.63, 3.8) is 0 Å². The first-order chi connectivity index (χ1) is 10.3. The standard InChI is InChI=1S/C17H25BrN2O/c18-17-7-6-16(12-14(17)13-19-15-4-5-15)21-11-3-10-20-8-1-2-9-20/h6-7,12,15,19H,1-5,8-11,13H2. The van der Waals surface area contributed by atoms with E-state index in [9.17, 15) is 0 Å². The highest BCUT2D eigenvalue weighted by Crippen LogP contribution is 2.25. The second-order valence-electron chi connectivity index (χ2n) is 6.16. The van der Waals surface area contributed by atoms with Gasteiger partial charge in [0.25, 0.3) is 0 Å². The van der Waals surface area contributed by atoms with Gasteiger partial charge in [-0.2, -0.15) is 0 Å². The molecule has 4 heteroatoms. The number of rotatable bonds is 8. The van der Waals surface area contributed by atoms with E-state index >= 15 is 0 Å². The maximum Gasteiger partial charge on any atom is 0.119 e. The highest BCUT2D eigenvalue weighted by molar-refractivity contribution is 9.10. The van der Waals surface area contributed by atoms with Crippen LogP contribution in [0.2, 0.25) is 0 Å². The van der Waals surface area contributed by atoms with Crippen LogP contribution in [0.3, 0.4) is 0 Å². The molecule has 1 saturated heterocycles. The van der Waals surface area contributed by atoms with E-state index < -0.39 is 0 Å². The summed E-state index contributed by atoms with van der Waals surface area (Å²) in [6, 6.07) is 7.05. The summed E-state index contributed by atoms with van der Waals surface area (Å²) in [6.07, 6.45) is 6.50. The van der Waals surface area contributed by atoms with Gasteiger partial charge >= 0.3 is 0 Å². The summed E-state index contributed by atoms with van der Waals surface area (Å²) in [6.45, 7) is 5.46. The van der Waals surface area contributed by atoms with Crippen molar-refractivity contribution in [3.05, 3.63) is 28.2 Å². The Bertz CT molecular complexity index is 456. The quantitative estimate of drug-likeness (QED) is 0.724. The minimum atomic E-state index is 0.738. The molecule has 1 saturated carbocycles. The van der Waals surface area contributed by atoms with Crippen LogP contribution in [0, 0.1) is 0 Å². The fourth-order valence-electron chi connectivity index (χ4n) is 2.80. The van der Waals surface area contributed by atoms with Gasteiger partial charge in [-0.05, 0) is 69.0 Å². The minimum absolute atomic E-state index is 0.738. The Kier molecular flexibility index (Phi) is 5.55. The zero-order chi connectivity index (χ0) is 14.5. The van der Waals surface area contributed by atoms with E-state index in [-0.39, 0.29) is 0 Å². The Balaban J connectivity index is 1.42. The van der Waals surface area contributed by atoms with Crippen LogP contribution in [-0.4, -0.2) is 37.2 Å². The van der Waals surface area contributed by atoms with Gasteiger partial charge in [-0.1, -0.05) is 15.9 Å². The molecular formula is C17H25BrN2O. The lowest BCUT2D eigenvalue weighted by Gasteiger charge is -2.15. The number of benzene rings is 1. The summed E-state index contributed by atoms with van der Waals surface area (Å²) in [5.41, 5.74) is 1.29. The number of halogens is 1. The third-order valence-electron chi connectivity index (χ3n) is 4.26. The van der Waals surface area contributed by atoms with E-state index in [1.54, 1.807) is 0 Å². The van der Waals surface area contributed by atoms with E-state index in [1.165, 1.54) is 55.4 Å². The van der Waals surface area contributed by atoms with E-state index in [0.717, 1.165) is 31.4 Å². The van der Waals surface area contributed by atoms with Gasteiger partial charge in [0.05, 0.1) is 6.61 Å². The molecule has 2 fully saturated rings. The number of nitrogens with one attached hydrogen (secondary N) is 1. The summed E-state index contributed by atoms with van der Waals surface area (Å²) in [5, 5.41) is 3.55. The number of ether oxygens (including phenoxy) is 1. The van der Waals surface area contributed by atoms with Crippen molar-refractivity contribution in [2.75, 3.05) is 26.2 Å². The van der Waals surface area contributed by atoms with Gasteiger partial charge in [-0.25, -0.2) is 0 Å². The van der Waals surface area contributed by atoms with Gasteiger partial charge in [0.15, 0.2) is 0 Å². The maximum absolute atomic E-state index is 5.91. The molecule has 1 heterocycles. The largest absolute Gasteiger partial charge is 0.494 e. The lowest BCUT2D eigenvalue weighted by Crippen LogP contribution is -2.21. The molecule has 3 rings (SSSR count). The molecule has 0 amide bonds. The van der Waals surface area contributed by atoms with Crippen LogP contribution in [0.4, 0.5) is 0 Å². The predicted molar refractivity (Wildman–Crippen MR) is 89.8 cm³/mol. The lowest BCUT2D eigenvalue weighted by molar-refractivity contribution is 0.263. The smallest absolute Gasteiger partial charge is 0.119 e.